The molecule has 1 spiro atoms. The number of benzene rings is 2. The van der Waals surface area contributed by atoms with Gasteiger partial charge in [0.05, 0.1) is 24.1 Å². The molecule has 2 bridgehead atoms. The fraction of sp³-hybridized carbons (Fsp3) is 0.625. The molecule has 290 valence electrons. The molecule has 2 aliphatic carbocycles. The van der Waals surface area contributed by atoms with Crippen LogP contribution in [0.3, 0.4) is 0 Å². The van der Waals surface area contributed by atoms with Gasteiger partial charge in [0.25, 0.3) is 12.3 Å². The van der Waals surface area contributed by atoms with Crippen LogP contribution in [0.15, 0.2) is 48.6 Å². The van der Waals surface area contributed by atoms with Crippen LogP contribution in [0, 0.1) is 17.8 Å². The lowest BCUT2D eigenvalue weighted by molar-refractivity contribution is -0.0963. The Hall–Kier alpha value is -2.77. The molecule has 2 fully saturated rings. The number of amides is 1. The number of allylic oxidation sites excluding steroid dienone is 1. The third-order valence-corrected chi connectivity index (χ3v) is 15.1. The first-order chi connectivity index (χ1) is 25.3. The number of alkyl halides is 2. The number of hydrogen-bond donors (Lipinski definition) is 1. The number of ether oxygens (including phenoxy) is 2. The number of piperazine rings is 1. The highest BCUT2D eigenvalue weighted by atomic mass is 35.5. The predicted molar refractivity (Wildman–Crippen MR) is 204 cm³/mol. The largest absolute Gasteiger partial charge is 0.490 e. The number of nitrogens with one attached hydrogen (secondary N) is 1. The lowest BCUT2D eigenvalue weighted by Gasteiger charge is -2.52. The molecule has 2 aromatic carbocycles. The Morgan fingerprint density at radius 2 is 1.85 bits per heavy atom. The number of carbonyl (C=O) groups is 1. The summed E-state index contributed by atoms with van der Waals surface area (Å²) in [5, 5.41) is -0.115. The van der Waals surface area contributed by atoms with Crippen LogP contribution in [0.4, 0.5) is 14.5 Å². The number of sulfonamides is 1. The number of methoxy groups -OCH3 is 1. The molecular formula is C40H53ClF2N4O5S. The second kappa shape index (κ2) is 15.4. The van der Waals surface area contributed by atoms with E-state index in [0.717, 1.165) is 42.8 Å². The van der Waals surface area contributed by atoms with Crippen molar-refractivity contribution < 1.29 is 31.5 Å². The number of rotatable bonds is 5. The van der Waals surface area contributed by atoms with E-state index >= 15 is 0 Å². The number of anilines is 1. The van der Waals surface area contributed by atoms with Crippen LogP contribution in [0.1, 0.15) is 67.4 Å². The molecule has 7 rings (SSSR count). The molecule has 1 saturated heterocycles. The van der Waals surface area contributed by atoms with Gasteiger partial charge >= 0.3 is 0 Å². The van der Waals surface area contributed by atoms with Crippen molar-refractivity contribution in [3.8, 4) is 5.75 Å². The maximum atomic E-state index is 13.6. The Morgan fingerprint density at radius 1 is 1.08 bits per heavy atom. The first-order valence-corrected chi connectivity index (χ1v) is 21.1. The van der Waals surface area contributed by atoms with Crippen molar-refractivity contribution in [2.24, 2.45) is 17.8 Å². The van der Waals surface area contributed by atoms with Gasteiger partial charge in [-0.15, -0.1) is 0 Å². The van der Waals surface area contributed by atoms with Crippen LogP contribution < -0.4 is 14.4 Å². The summed E-state index contributed by atoms with van der Waals surface area (Å²) in [4.78, 5) is 20.1. The molecule has 0 aromatic heterocycles. The molecular weight excluding hydrogens is 722 g/mol. The molecule has 1 N–H and O–H groups in total. The van der Waals surface area contributed by atoms with E-state index in [-0.39, 0.29) is 35.3 Å². The van der Waals surface area contributed by atoms with Gasteiger partial charge in [-0.2, -0.15) is 0 Å². The molecule has 5 aliphatic rings. The Balaban J connectivity index is 1.27. The van der Waals surface area contributed by atoms with Gasteiger partial charge in [0, 0.05) is 68.9 Å². The lowest BCUT2D eigenvalue weighted by Crippen LogP contribution is -2.59. The Morgan fingerprint density at radius 3 is 2.57 bits per heavy atom. The summed E-state index contributed by atoms with van der Waals surface area (Å²) in [5.41, 5.74) is 2.54. The van der Waals surface area contributed by atoms with E-state index in [2.05, 4.69) is 38.8 Å². The summed E-state index contributed by atoms with van der Waals surface area (Å²) in [5.74, 6) is 0.132. The van der Waals surface area contributed by atoms with Crippen molar-refractivity contribution >= 4 is 33.2 Å². The van der Waals surface area contributed by atoms with Crippen molar-refractivity contribution in [2.75, 3.05) is 71.0 Å². The van der Waals surface area contributed by atoms with Crippen molar-refractivity contribution in [1.82, 2.24) is 14.5 Å². The number of halogens is 3. The van der Waals surface area contributed by atoms with Gasteiger partial charge in [0.1, 0.15) is 11.4 Å². The van der Waals surface area contributed by atoms with Gasteiger partial charge in [0.15, 0.2) is 0 Å². The summed E-state index contributed by atoms with van der Waals surface area (Å²) in [6.07, 6.45) is 7.17. The van der Waals surface area contributed by atoms with Crippen LogP contribution in [-0.2, 0) is 26.6 Å². The molecule has 6 atom stereocenters. The molecule has 9 nitrogen and oxygen atoms in total. The van der Waals surface area contributed by atoms with Crippen LogP contribution >= 0.6 is 11.6 Å². The lowest BCUT2D eigenvalue weighted by atomic mass is 9.63. The van der Waals surface area contributed by atoms with E-state index in [1.54, 1.807) is 32.2 Å². The Bertz CT molecular complexity index is 1810. The molecule has 1 saturated carbocycles. The summed E-state index contributed by atoms with van der Waals surface area (Å²) < 4.78 is 69.1. The van der Waals surface area contributed by atoms with Crippen molar-refractivity contribution in [2.45, 2.75) is 75.1 Å². The molecule has 3 heterocycles. The first kappa shape index (κ1) is 38.5. The summed E-state index contributed by atoms with van der Waals surface area (Å²) in [7, 11) is -2.24. The van der Waals surface area contributed by atoms with Gasteiger partial charge in [-0.1, -0.05) is 36.7 Å². The van der Waals surface area contributed by atoms with Gasteiger partial charge in [-0.05, 0) is 105 Å². The van der Waals surface area contributed by atoms with Crippen LogP contribution in [0.2, 0.25) is 5.02 Å². The molecule has 13 heteroatoms. The van der Waals surface area contributed by atoms with E-state index in [9.17, 15) is 22.0 Å². The maximum Gasteiger partial charge on any atom is 0.264 e. The minimum Gasteiger partial charge on any atom is -0.490 e. The van der Waals surface area contributed by atoms with Gasteiger partial charge < -0.3 is 14.4 Å². The number of hydrogen-bond acceptors (Lipinski definition) is 8. The quantitative estimate of drug-likeness (QED) is 0.362. The third-order valence-electron chi connectivity index (χ3n) is 12.9. The van der Waals surface area contributed by atoms with E-state index in [0.29, 0.717) is 64.6 Å². The van der Waals surface area contributed by atoms with Gasteiger partial charge in [0.2, 0.25) is 10.0 Å². The van der Waals surface area contributed by atoms with E-state index in [1.165, 1.54) is 11.1 Å². The fourth-order valence-corrected chi connectivity index (χ4v) is 11.0. The number of nitrogens with zero attached hydrogens (tertiary/aromatic N) is 3. The zero-order chi connectivity index (χ0) is 37.5. The number of aryl methyl sites for hydroxylation is 1. The highest BCUT2D eigenvalue weighted by Crippen LogP contribution is 2.49. The molecule has 1 amide bonds. The van der Waals surface area contributed by atoms with Gasteiger partial charge in [-0.25, -0.2) is 21.9 Å². The van der Waals surface area contributed by atoms with Crippen molar-refractivity contribution in [3.63, 3.8) is 0 Å². The Labute approximate surface area is 318 Å². The normalized spacial score (nSPS) is 32.9. The second-order valence-corrected chi connectivity index (χ2v) is 18.6. The number of carbonyl (C=O) groups excluding carboxylic acids is 1. The van der Waals surface area contributed by atoms with Crippen molar-refractivity contribution in [3.05, 3.63) is 70.3 Å². The maximum absolute atomic E-state index is 13.6. The molecule has 2 aromatic rings. The summed E-state index contributed by atoms with van der Waals surface area (Å²) >= 11 is 6.48. The van der Waals surface area contributed by atoms with Gasteiger partial charge in [-0.3, -0.25) is 14.6 Å². The topological polar surface area (TPSA) is 91.4 Å². The van der Waals surface area contributed by atoms with E-state index in [4.69, 9.17) is 21.1 Å². The minimum absolute atomic E-state index is 0.153. The third kappa shape index (κ3) is 7.86. The van der Waals surface area contributed by atoms with E-state index < -0.39 is 33.2 Å². The Kier molecular flexibility index (Phi) is 11.2. The predicted octanol–water partition coefficient (Wildman–Crippen LogP) is 6.15. The van der Waals surface area contributed by atoms with E-state index in [1.807, 2.05) is 17.9 Å². The standard InChI is InChI=1S/C40H53ClF2N4O5S/c1-27-6-4-15-40(51-3,25-46-18-16-45(17-19-46)23-37(42)43)34-11-8-31(34)22-47-24-39(14-5-7-29-20-32(41)10-12-33(29)39)26-52-36-13-9-30(21-35(36)47)38(48)44-53(49,50)28(27)2/h4,9-10,12-13,15,20-21,27-28,31,34,37H,5-8,11,14,16-19,22-26H2,1-3H3,(H,44,48)/b15-4+/t27-,28+,31-,34+,39-,40-/m0/s1. The number of fused-ring (bicyclic) bond motifs is 4. The highest BCUT2D eigenvalue weighted by molar-refractivity contribution is 7.90. The minimum atomic E-state index is -4.00. The second-order valence-electron chi connectivity index (χ2n) is 16.2. The zero-order valence-electron chi connectivity index (χ0n) is 31.0. The van der Waals surface area contributed by atoms with Crippen LogP contribution in [-0.4, -0.2) is 107 Å². The SMILES string of the molecule is CO[C@]1(CN2CCN(CC(F)F)CC2)/C=C/C[C@H](C)[C@@H](C)S(=O)(=O)NC(=O)c2ccc3c(c2)N(C[C@@H]2CC[C@H]21)C[C@@]1(CCCc2cc(Cl)ccc21)CO3. The summed E-state index contributed by atoms with van der Waals surface area (Å²) in [6.45, 7) is 8.24. The zero-order valence-corrected chi connectivity index (χ0v) is 32.6. The first-order valence-electron chi connectivity index (χ1n) is 19.1. The molecule has 0 unspecified atom stereocenters. The monoisotopic (exact) mass is 774 g/mol. The molecule has 3 aliphatic heterocycles. The highest BCUT2D eigenvalue weighted by Gasteiger charge is 2.50. The van der Waals surface area contributed by atoms with Crippen molar-refractivity contribution in [1.29, 1.82) is 0 Å². The summed E-state index contributed by atoms with van der Waals surface area (Å²) in [6, 6.07) is 11.4. The molecule has 0 radical (unpaired) electrons. The van der Waals surface area contributed by atoms with Crippen LogP contribution in [0.25, 0.3) is 0 Å². The average Bonchev–Trinajstić information content (AvgIpc) is 3.26. The smallest absolute Gasteiger partial charge is 0.264 e. The molecule has 53 heavy (non-hydrogen) atoms. The fourth-order valence-electron chi connectivity index (χ4n) is 9.48. The van der Waals surface area contributed by atoms with Crippen LogP contribution in [0.5, 0.6) is 5.75 Å². The average molecular weight is 775 g/mol.